The molecule has 1 amide bonds. The van der Waals surface area contributed by atoms with Gasteiger partial charge in [0.1, 0.15) is 5.69 Å². The second kappa shape index (κ2) is 5.16. The molecular weight excluding hydrogens is 258 g/mol. The molecule has 4 nitrogen and oxygen atoms in total. The van der Waals surface area contributed by atoms with E-state index in [-0.39, 0.29) is 5.91 Å². The molecule has 17 heavy (non-hydrogen) atoms. The van der Waals surface area contributed by atoms with E-state index in [4.69, 9.17) is 11.6 Å². The number of hydrazone groups is 1. The van der Waals surface area contributed by atoms with Crippen LogP contribution in [0.2, 0.25) is 4.34 Å². The Morgan fingerprint density at radius 3 is 2.88 bits per heavy atom. The van der Waals surface area contributed by atoms with Crippen LogP contribution < -0.4 is 5.43 Å². The lowest BCUT2D eigenvalue weighted by atomic mass is 10.3. The molecule has 0 aliphatic rings. The summed E-state index contributed by atoms with van der Waals surface area (Å²) in [5.74, 6) is -0.267. The number of hydrogen-bond donors (Lipinski definition) is 2. The van der Waals surface area contributed by atoms with E-state index in [1.807, 2.05) is 13.0 Å². The van der Waals surface area contributed by atoms with Gasteiger partial charge in [0.25, 0.3) is 5.91 Å². The molecule has 2 N–H and O–H groups in total. The van der Waals surface area contributed by atoms with Gasteiger partial charge in [0.05, 0.1) is 14.9 Å². The molecule has 0 saturated heterocycles. The Bertz CT molecular complexity index is 545. The van der Waals surface area contributed by atoms with Crippen molar-refractivity contribution in [3.8, 4) is 0 Å². The van der Waals surface area contributed by atoms with Crippen molar-refractivity contribution in [3.05, 3.63) is 45.4 Å². The van der Waals surface area contributed by atoms with Gasteiger partial charge in [0.15, 0.2) is 0 Å². The summed E-state index contributed by atoms with van der Waals surface area (Å²) in [6.45, 7) is 1.82. The maximum Gasteiger partial charge on any atom is 0.287 e. The van der Waals surface area contributed by atoms with Crippen LogP contribution in [0.4, 0.5) is 0 Å². The zero-order chi connectivity index (χ0) is 12.3. The molecule has 0 radical (unpaired) electrons. The third kappa shape index (κ3) is 2.95. The Balaban J connectivity index is 2.04. The van der Waals surface area contributed by atoms with Gasteiger partial charge >= 0.3 is 0 Å². The number of rotatable bonds is 3. The maximum absolute atomic E-state index is 11.6. The molecule has 0 spiro atoms. The first-order valence-electron chi connectivity index (χ1n) is 4.90. The van der Waals surface area contributed by atoms with E-state index in [9.17, 15) is 4.79 Å². The molecule has 0 aromatic carbocycles. The maximum atomic E-state index is 11.6. The summed E-state index contributed by atoms with van der Waals surface area (Å²) in [5.41, 5.74) is 3.68. The van der Waals surface area contributed by atoms with E-state index in [1.165, 1.54) is 11.3 Å². The summed E-state index contributed by atoms with van der Waals surface area (Å²) in [6.07, 6.45) is 1.69. The lowest BCUT2D eigenvalue weighted by Gasteiger charge is -1.99. The van der Waals surface area contributed by atoms with Crippen molar-refractivity contribution >= 4 is 34.6 Å². The molecule has 6 heteroatoms. The Kier molecular flexibility index (Phi) is 3.61. The van der Waals surface area contributed by atoms with Gasteiger partial charge in [-0.2, -0.15) is 5.10 Å². The van der Waals surface area contributed by atoms with E-state index < -0.39 is 0 Å². The molecule has 0 aliphatic heterocycles. The van der Waals surface area contributed by atoms with Gasteiger partial charge in [0.2, 0.25) is 0 Å². The minimum Gasteiger partial charge on any atom is -0.357 e. The fourth-order valence-electron chi connectivity index (χ4n) is 1.23. The van der Waals surface area contributed by atoms with Crippen LogP contribution in [0.15, 0.2) is 35.6 Å². The van der Waals surface area contributed by atoms with E-state index in [1.54, 1.807) is 24.4 Å². The van der Waals surface area contributed by atoms with Crippen LogP contribution >= 0.6 is 22.9 Å². The van der Waals surface area contributed by atoms with Crippen molar-refractivity contribution in [2.24, 2.45) is 5.10 Å². The quantitative estimate of drug-likeness (QED) is 0.652. The van der Waals surface area contributed by atoms with E-state index in [2.05, 4.69) is 15.5 Å². The summed E-state index contributed by atoms with van der Waals surface area (Å²) in [7, 11) is 0. The van der Waals surface area contributed by atoms with E-state index in [0.717, 1.165) is 10.6 Å². The Hall–Kier alpha value is -1.59. The van der Waals surface area contributed by atoms with Gasteiger partial charge in [-0.25, -0.2) is 5.43 Å². The Morgan fingerprint density at radius 1 is 1.47 bits per heavy atom. The van der Waals surface area contributed by atoms with Crippen LogP contribution in [0.1, 0.15) is 22.3 Å². The highest BCUT2D eigenvalue weighted by Crippen LogP contribution is 2.21. The molecule has 0 bridgehead atoms. The number of nitrogens with zero attached hydrogens (tertiary/aromatic N) is 1. The molecule has 2 heterocycles. The number of carbonyl (C=O) groups excluding carboxylic acids is 1. The van der Waals surface area contributed by atoms with Crippen molar-refractivity contribution in [3.63, 3.8) is 0 Å². The lowest BCUT2D eigenvalue weighted by molar-refractivity contribution is 0.0950. The molecule has 2 rings (SSSR count). The van der Waals surface area contributed by atoms with Crippen molar-refractivity contribution in [2.45, 2.75) is 6.92 Å². The van der Waals surface area contributed by atoms with Crippen molar-refractivity contribution in [1.29, 1.82) is 0 Å². The van der Waals surface area contributed by atoms with Gasteiger partial charge < -0.3 is 4.98 Å². The van der Waals surface area contributed by atoms with Crippen molar-refractivity contribution in [2.75, 3.05) is 0 Å². The zero-order valence-electron chi connectivity index (χ0n) is 9.03. The van der Waals surface area contributed by atoms with Gasteiger partial charge in [-0.05, 0) is 31.2 Å². The van der Waals surface area contributed by atoms with Crippen LogP contribution in [0.25, 0.3) is 0 Å². The number of aromatic amines is 1. The molecule has 0 aliphatic carbocycles. The number of aromatic nitrogens is 1. The Morgan fingerprint density at radius 2 is 2.29 bits per heavy atom. The first-order chi connectivity index (χ1) is 8.16. The molecule has 88 valence electrons. The summed E-state index contributed by atoms with van der Waals surface area (Å²) in [5, 5.41) is 4.01. The standard InChI is InChI=1S/C11H10ClN3OS/c1-7(9-4-5-10(12)17-9)14-15-11(16)8-3-2-6-13-8/h2-6,13H,1H3,(H,15,16)/b14-7-. The minimum atomic E-state index is -0.267. The smallest absolute Gasteiger partial charge is 0.287 e. The van der Waals surface area contributed by atoms with Crippen molar-refractivity contribution in [1.82, 2.24) is 10.4 Å². The highest BCUT2D eigenvalue weighted by atomic mass is 35.5. The third-order valence-electron chi connectivity index (χ3n) is 2.10. The van der Waals surface area contributed by atoms with Gasteiger partial charge in [0, 0.05) is 6.20 Å². The second-order valence-corrected chi connectivity index (χ2v) is 5.04. The molecule has 2 aromatic heterocycles. The number of carbonyl (C=O) groups is 1. The molecular formula is C11H10ClN3OS. The van der Waals surface area contributed by atoms with Crippen LogP contribution in [0.5, 0.6) is 0 Å². The number of halogens is 1. The van der Waals surface area contributed by atoms with E-state index in [0.29, 0.717) is 10.0 Å². The summed E-state index contributed by atoms with van der Waals surface area (Å²) in [4.78, 5) is 15.3. The summed E-state index contributed by atoms with van der Waals surface area (Å²) < 4.78 is 0.699. The number of hydrogen-bond acceptors (Lipinski definition) is 3. The largest absolute Gasteiger partial charge is 0.357 e. The van der Waals surface area contributed by atoms with Crippen LogP contribution in [0, 0.1) is 0 Å². The first-order valence-corrected chi connectivity index (χ1v) is 6.10. The molecule has 0 unspecified atom stereocenters. The van der Waals surface area contributed by atoms with Gasteiger partial charge in [-0.3, -0.25) is 4.79 Å². The lowest BCUT2D eigenvalue weighted by Crippen LogP contribution is -2.19. The average Bonchev–Trinajstić information content (AvgIpc) is 2.95. The number of H-pyrrole nitrogens is 1. The average molecular weight is 268 g/mol. The molecule has 0 saturated carbocycles. The van der Waals surface area contributed by atoms with Crippen molar-refractivity contribution < 1.29 is 4.79 Å². The zero-order valence-corrected chi connectivity index (χ0v) is 10.6. The molecule has 2 aromatic rings. The topological polar surface area (TPSA) is 57.2 Å². The van der Waals surface area contributed by atoms with Crippen LogP contribution in [0.3, 0.4) is 0 Å². The SMILES string of the molecule is C/C(=N/NC(=O)c1ccc[nH]1)c1ccc(Cl)s1. The normalized spacial score (nSPS) is 11.5. The van der Waals surface area contributed by atoms with Crippen LogP contribution in [-0.2, 0) is 0 Å². The number of nitrogens with one attached hydrogen (secondary N) is 2. The first kappa shape index (κ1) is 11.9. The van der Waals surface area contributed by atoms with E-state index >= 15 is 0 Å². The predicted molar refractivity (Wildman–Crippen MR) is 69.8 cm³/mol. The predicted octanol–water partition coefficient (Wildman–Crippen LogP) is 2.88. The second-order valence-electron chi connectivity index (χ2n) is 3.33. The fourth-order valence-corrected chi connectivity index (χ4v) is 2.22. The minimum absolute atomic E-state index is 0.267. The number of thiophene rings is 1. The highest BCUT2D eigenvalue weighted by Gasteiger charge is 2.05. The summed E-state index contributed by atoms with van der Waals surface area (Å²) in [6, 6.07) is 7.10. The van der Waals surface area contributed by atoms with Crippen LogP contribution in [-0.4, -0.2) is 16.6 Å². The summed E-state index contributed by atoms with van der Waals surface area (Å²) >= 11 is 7.24. The fraction of sp³-hybridized carbons (Fsp3) is 0.0909. The monoisotopic (exact) mass is 267 g/mol. The number of amides is 1. The Labute approximate surface area is 107 Å². The molecule has 0 fully saturated rings. The third-order valence-corrected chi connectivity index (χ3v) is 3.44. The highest BCUT2D eigenvalue weighted by molar-refractivity contribution is 7.18. The molecule has 0 atom stereocenters. The van der Waals surface area contributed by atoms with Gasteiger partial charge in [-0.15, -0.1) is 11.3 Å². The van der Waals surface area contributed by atoms with Gasteiger partial charge in [-0.1, -0.05) is 11.6 Å².